The number of esters is 1. The van der Waals surface area contributed by atoms with Gasteiger partial charge in [0, 0.05) is 45.0 Å². The Labute approximate surface area is 286 Å². The van der Waals surface area contributed by atoms with E-state index in [1.807, 2.05) is 0 Å². The molecule has 0 radical (unpaired) electrons. The van der Waals surface area contributed by atoms with E-state index in [2.05, 4.69) is 9.72 Å². The van der Waals surface area contributed by atoms with Crippen molar-refractivity contribution in [1.82, 2.24) is 14.2 Å². The van der Waals surface area contributed by atoms with Gasteiger partial charge in [-0.05, 0) is 60.2 Å². The molecule has 1 aliphatic carbocycles. The van der Waals surface area contributed by atoms with Crippen molar-refractivity contribution in [2.45, 2.75) is 43.0 Å². The first-order chi connectivity index (χ1) is 22.8. The summed E-state index contributed by atoms with van der Waals surface area (Å²) in [5.74, 6) is -1.10. The standard InChI is InChI=1S/C32H33Cl2F2N3O8S/c1-38(2)30(40)21-4-3-5-22(12-21)48(42,43)39-10-11-44-29(17-39)31(41)46-27(14-23-24(33)15-37-16-25(23)34)20-8-9-26(47-32(35)36)28(13-20)45-18-19-6-7-19/h3-5,8-9,12-13,15-16,19,27,29,32H,6-7,10-11,14,17-18H2,1-2H3/t27-,29+/m0/s1. The summed E-state index contributed by atoms with van der Waals surface area (Å²) in [5, 5.41) is 0.403. The predicted octanol–water partition coefficient (Wildman–Crippen LogP) is 5.40. The van der Waals surface area contributed by atoms with Gasteiger partial charge in [0.05, 0.1) is 34.7 Å². The Morgan fingerprint density at radius 3 is 2.48 bits per heavy atom. The van der Waals surface area contributed by atoms with Crippen molar-refractivity contribution in [3.63, 3.8) is 0 Å². The highest BCUT2D eigenvalue weighted by Gasteiger charge is 2.37. The van der Waals surface area contributed by atoms with E-state index in [-0.39, 0.29) is 64.0 Å². The number of nitrogens with zero attached hydrogens (tertiary/aromatic N) is 3. The molecule has 2 heterocycles. The first-order valence-electron chi connectivity index (χ1n) is 15.0. The summed E-state index contributed by atoms with van der Waals surface area (Å²) in [6, 6.07) is 9.81. The van der Waals surface area contributed by atoms with E-state index in [9.17, 15) is 26.8 Å². The van der Waals surface area contributed by atoms with Gasteiger partial charge in [-0.25, -0.2) is 13.2 Å². The Kier molecular flexibility index (Phi) is 11.4. The molecule has 48 heavy (non-hydrogen) atoms. The van der Waals surface area contributed by atoms with Crippen LogP contribution >= 0.6 is 23.2 Å². The minimum absolute atomic E-state index is 0.0360. The van der Waals surface area contributed by atoms with Crippen molar-refractivity contribution in [2.24, 2.45) is 5.92 Å². The highest BCUT2D eigenvalue weighted by atomic mass is 35.5. The van der Waals surface area contributed by atoms with E-state index in [4.69, 9.17) is 37.4 Å². The number of ether oxygens (including phenoxy) is 4. The second-order valence-corrected chi connectivity index (χ2v) is 14.3. The third kappa shape index (κ3) is 8.72. The van der Waals surface area contributed by atoms with Gasteiger partial charge < -0.3 is 23.8 Å². The van der Waals surface area contributed by atoms with Crippen LogP contribution in [0.4, 0.5) is 8.78 Å². The number of carbonyl (C=O) groups is 2. The molecule has 2 aliphatic rings. The fourth-order valence-electron chi connectivity index (χ4n) is 4.97. The summed E-state index contributed by atoms with van der Waals surface area (Å²) in [5.41, 5.74) is 0.940. The molecule has 0 spiro atoms. The molecular formula is C32H33Cl2F2N3O8S. The summed E-state index contributed by atoms with van der Waals surface area (Å²) in [4.78, 5) is 31.3. The smallest absolute Gasteiger partial charge is 0.387 e. The van der Waals surface area contributed by atoms with Gasteiger partial charge >= 0.3 is 12.6 Å². The highest BCUT2D eigenvalue weighted by Crippen LogP contribution is 2.38. The average molecular weight is 729 g/mol. The number of benzene rings is 2. The minimum atomic E-state index is -4.14. The van der Waals surface area contributed by atoms with E-state index in [0.29, 0.717) is 23.7 Å². The Morgan fingerprint density at radius 2 is 1.81 bits per heavy atom. The van der Waals surface area contributed by atoms with Crippen molar-refractivity contribution >= 4 is 45.1 Å². The number of sulfonamides is 1. The third-order valence-corrected chi connectivity index (χ3v) is 10.3. The number of hydrogen-bond donors (Lipinski definition) is 0. The summed E-state index contributed by atoms with van der Waals surface area (Å²) in [6.07, 6.45) is 2.19. The molecule has 1 amide bonds. The van der Waals surface area contributed by atoms with Crippen LogP contribution in [0, 0.1) is 5.92 Å². The molecule has 1 saturated heterocycles. The van der Waals surface area contributed by atoms with Crippen LogP contribution in [0.1, 0.15) is 40.4 Å². The van der Waals surface area contributed by atoms with Gasteiger partial charge in [0.25, 0.3) is 5.91 Å². The second-order valence-electron chi connectivity index (χ2n) is 11.5. The van der Waals surface area contributed by atoms with Crippen molar-refractivity contribution in [2.75, 3.05) is 40.4 Å². The fraction of sp³-hybridized carbons (Fsp3) is 0.406. The number of morpholine rings is 1. The quantitative estimate of drug-likeness (QED) is 0.213. The van der Waals surface area contributed by atoms with Gasteiger partial charge in [0.2, 0.25) is 10.0 Å². The molecule has 2 aromatic carbocycles. The summed E-state index contributed by atoms with van der Waals surface area (Å²) < 4.78 is 76.7. The monoisotopic (exact) mass is 727 g/mol. The Morgan fingerprint density at radius 1 is 1.08 bits per heavy atom. The zero-order chi connectivity index (χ0) is 34.6. The maximum Gasteiger partial charge on any atom is 0.387 e. The molecule has 0 N–H and O–H groups in total. The van der Waals surface area contributed by atoms with Crippen molar-refractivity contribution < 1.29 is 45.7 Å². The van der Waals surface area contributed by atoms with Gasteiger partial charge in [-0.1, -0.05) is 35.3 Å². The molecule has 5 rings (SSSR count). The van der Waals surface area contributed by atoms with E-state index in [0.717, 1.165) is 17.1 Å². The topological polar surface area (TPSA) is 125 Å². The first kappa shape index (κ1) is 35.7. The number of amides is 1. The van der Waals surface area contributed by atoms with Crippen LogP contribution < -0.4 is 9.47 Å². The predicted molar refractivity (Wildman–Crippen MR) is 171 cm³/mol. The van der Waals surface area contributed by atoms with Gasteiger partial charge in [0.1, 0.15) is 6.10 Å². The lowest BCUT2D eigenvalue weighted by molar-refractivity contribution is -0.166. The van der Waals surface area contributed by atoms with Crippen LogP contribution in [-0.4, -0.2) is 87.6 Å². The van der Waals surface area contributed by atoms with E-state index in [1.165, 1.54) is 59.8 Å². The Hall–Kier alpha value is -3.56. The Bertz CT molecular complexity index is 1740. The van der Waals surface area contributed by atoms with Crippen molar-refractivity contribution in [3.8, 4) is 11.5 Å². The van der Waals surface area contributed by atoms with Gasteiger partial charge in [-0.15, -0.1) is 0 Å². The maximum absolute atomic E-state index is 13.6. The highest BCUT2D eigenvalue weighted by molar-refractivity contribution is 7.89. The van der Waals surface area contributed by atoms with Crippen LogP contribution in [0.5, 0.6) is 11.5 Å². The molecule has 1 saturated carbocycles. The van der Waals surface area contributed by atoms with Crippen LogP contribution in [-0.2, 0) is 30.7 Å². The largest absolute Gasteiger partial charge is 0.489 e. The van der Waals surface area contributed by atoms with E-state index >= 15 is 0 Å². The lowest BCUT2D eigenvalue weighted by Crippen LogP contribution is -2.49. The summed E-state index contributed by atoms with van der Waals surface area (Å²) >= 11 is 12.8. The number of carbonyl (C=O) groups excluding carboxylic acids is 2. The number of pyridine rings is 1. The molecule has 0 bridgehead atoms. The zero-order valence-electron chi connectivity index (χ0n) is 26.0. The second kappa shape index (κ2) is 15.3. The minimum Gasteiger partial charge on any atom is -0.489 e. The van der Waals surface area contributed by atoms with Crippen LogP contribution in [0.25, 0.3) is 0 Å². The normalized spacial score (nSPS) is 17.5. The maximum atomic E-state index is 13.6. The molecular weight excluding hydrogens is 695 g/mol. The van der Waals surface area contributed by atoms with Gasteiger partial charge in [-0.3, -0.25) is 9.78 Å². The number of alkyl halides is 2. The Balaban J connectivity index is 1.40. The van der Waals surface area contributed by atoms with Gasteiger partial charge in [0.15, 0.2) is 17.6 Å². The molecule has 0 unspecified atom stereocenters. The van der Waals surface area contributed by atoms with Crippen LogP contribution in [0.2, 0.25) is 10.0 Å². The van der Waals surface area contributed by atoms with Crippen LogP contribution in [0.3, 0.4) is 0 Å². The lowest BCUT2D eigenvalue weighted by atomic mass is 10.0. The molecule has 3 aromatic rings. The number of rotatable bonds is 13. The zero-order valence-corrected chi connectivity index (χ0v) is 28.3. The number of halogens is 4. The van der Waals surface area contributed by atoms with E-state index < -0.39 is 34.8 Å². The molecule has 258 valence electrons. The molecule has 16 heteroatoms. The average Bonchev–Trinajstić information content (AvgIpc) is 3.89. The molecule has 2 atom stereocenters. The lowest BCUT2D eigenvalue weighted by Gasteiger charge is -2.32. The van der Waals surface area contributed by atoms with Crippen molar-refractivity contribution in [1.29, 1.82) is 0 Å². The number of aromatic nitrogens is 1. The van der Waals surface area contributed by atoms with Crippen LogP contribution in [0.15, 0.2) is 59.8 Å². The number of hydrogen-bond acceptors (Lipinski definition) is 9. The molecule has 11 nitrogen and oxygen atoms in total. The summed E-state index contributed by atoms with van der Waals surface area (Å²) in [7, 11) is -1.03. The third-order valence-electron chi connectivity index (χ3n) is 7.74. The molecule has 2 fully saturated rings. The van der Waals surface area contributed by atoms with E-state index in [1.54, 1.807) is 14.1 Å². The fourth-order valence-corrected chi connectivity index (χ4v) is 6.96. The molecule has 1 aliphatic heterocycles. The SMILES string of the molecule is CN(C)C(=O)c1cccc(S(=O)(=O)N2CCO[C@@H](C(=O)O[C@@H](Cc3c(Cl)cncc3Cl)c3ccc(OC(F)F)c(OCC4CC4)c3)C2)c1. The van der Waals surface area contributed by atoms with Crippen molar-refractivity contribution in [3.05, 3.63) is 81.6 Å². The summed E-state index contributed by atoms with van der Waals surface area (Å²) in [6.45, 7) is -3.33. The van der Waals surface area contributed by atoms with Gasteiger partial charge in [-0.2, -0.15) is 13.1 Å². The molecule has 1 aromatic heterocycles. The first-order valence-corrected chi connectivity index (χ1v) is 17.2.